The number of anilines is 1. The fourth-order valence-electron chi connectivity index (χ4n) is 1.96. The van der Waals surface area contributed by atoms with Gasteiger partial charge in [0, 0.05) is 31.4 Å². The lowest BCUT2D eigenvalue weighted by Gasteiger charge is -2.31. The van der Waals surface area contributed by atoms with Gasteiger partial charge < -0.3 is 10.0 Å². The Labute approximate surface area is 95.6 Å². The van der Waals surface area contributed by atoms with E-state index in [0.29, 0.717) is 5.76 Å². The van der Waals surface area contributed by atoms with Crippen LogP contribution in [-0.2, 0) is 0 Å². The number of aryl methyl sites for hydroxylation is 1. The van der Waals surface area contributed by atoms with Gasteiger partial charge in [0.05, 0.1) is 5.76 Å². The van der Waals surface area contributed by atoms with Crippen LogP contribution in [0.2, 0.25) is 0 Å². The number of aromatic nitrogens is 2. The summed E-state index contributed by atoms with van der Waals surface area (Å²) < 4.78 is 0. The first kappa shape index (κ1) is 10.9. The molecule has 1 aromatic heterocycles. The lowest BCUT2D eigenvalue weighted by atomic mass is 9.96. The van der Waals surface area contributed by atoms with Gasteiger partial charge in [-0.1, -0.05) is 6.58 Å². The topological polar surface area (TPSA) is 49.2 Å². The van der Waals surface area contributed by atoms with Gasteiger partial charge in [0.1, 0.15) is 0 Å². The monoisotopic (exact) mass is 219 g/mol. The van der Waals surface area contributed by atoms with Crippen LogP contribution in [0, 0.1) is 12.8 Å². The Morgan fingerprint density at radius 3 is 2.44 bits per heavy atom. The zero-order chi connectivity index (χ0) is 11.5. The quantitative estimate of drug-likeness (QED) is 0.774. The molecule has 1 aliphatic heterocycles. The Morgan fingerprint density at radius 1 is 1.38 bits per heavy atom. The Morgan fingerprint density at radius 2 is 1.94 bits per heavy atom. The van der Waals surface area contributed by atoms with Crippen molar-refractivity contribution in [3.8, 4) is 0 Å². The van der Waals surface area contributed by atoms with Crippen molar-refractivity contribution in [3.63, 3.8) is 0 Å². The second-order valence-corrected chi connectivity index (χ2v) is 4.31. The predicted octanol–water partition coefficient (Wildman–Crippen LogP) is 2.07. The first-order valence-electron chi connectivity index (χ1n) is 5.58. The van der Waals surface area contributed by atoms with E-state index in [1.54, 1.807) is 0 Å². The van der Waals surface area contributed by atoms with Crippen molar-refractivity contribution < 1.29 is 5.11 Å². The van der Waals surface area contributed by atoms with Crippen molar-refractivity contribution in [1.82, 2.24) is 9.97 Å². The molecular weight excluding hydrogens is 202 g/mol. The molecule has 0 saturated carbocycles. The molecule has 2 heterocycles. The average Bonchev–Trinajstić information content (AvgIpc) is 2.30. The summed E-state index contributed by atoms with van der Waals surface area (Å²) in [6, 6.07) is 0. The van der Waals surface area contributed by atoms with Gasteiger partial charge in [0.25, 0.3) is 0 Å². The molecule has 1 N–H and O–H groups in total. The van der Waals surface area contributed by atoms with Gasteiger partial charge in [-0.3, -0.25) is 0 Å². The van der Waals surface area contributed by atoms with Crippen LogP contribution in [0.25, 0.3) is 0 Å². The molecule has 0 radical (unpaired) electrons. The molecule has 0 unspecified atom stereocenters. The van der Waals surface area contributed by atoms with E-state index in [4.69, 9.17) is 0 Å². The van der Waals surface area contributed by atoms with Crippen molar-refractivity contribution in [2.75, 3.05) is 18.0 Å². The molecular formula is C12H17N3O. The molecule has 0 atom stereocenters. The molecule has 1 aromatic rings. The number of hydrogen-bond donors (Lipinski definition) is 1. The molecule has 1 aliphatic rings. The van der Waals surface area contributed by atoms with E-state index in [1.165, 1.54) is 0 Å². The largest absolute Gasteiger partial charge is 0.513 e. The molecule has 0 amide bonds. The molecule has 4 nitrogen and oxygen atoms in total. The molecule has 4 heteroatoms. The Kier molecular flexibility index (Phi) is 3.08. The summed E-state index contributed by atoms with van der Waals surface area (Å²) in [6.45, 7) is 7.34. The summed E-state index contributed by atoms with van der Waals surface area (Å²) in [5, 5.41) is 9.33. The molecule has 0 bridgehead atoms. The summed E-state index contributed by atoms with van der Waals surface area (Å²) in [5.41, 5.74) is 1.07. The maximum Gasteiger partial charge on any atom is 0.225 e. The third-order valence-electron chi connectivity index (χ3n) is 3.02. The standard InChI is InChI=1S/C12H17N3O/c1-9-7-13-12(14-8-9)15-5-3-11(4-6-15)10(2)16/h7-8,11,16H,2-6H2,1H3. The second kappa shape index (κ2) is 4.51. The highest BCUT2D eigenvalue weighted by atomic mass is 16.3. The maximum absolute atomic E-state index is 9.33. The van der Waals surface area contributed by atoms with E-state index in [-0.39, 0.29) is 5.92 Å². The summed E-state index contributed by atoms with van der Waals surface area (Å²) >= 11 is 0. The van der Waals surface area contributed by atoms with Crippen molar-refractivity contribution in [3.05, 3.63) is 30.3 Å². The number of piperidine rings is 1. The SMILES string of the molecule is C=C(O)C1CCN(c2ncc(C)cn2)CC1. The van der Waals surface area contributed by atoms with Gasteiger partial charge in [-0.15, -0.1) is 0 Å². The van der Waals surface area contributed by atoms with E-state index in [0.717, 1.165) is 37.4 Å². The van der Waals surface area contributed by atoms with Crippen molar-refractivity contribution in [2.24, 2.45) is 5.92 Å². The lowest BCUT2D eigenvalue weighted by Crippen LogP contribution is -2.35. The molecule has 1 saturated heterocycles. The molecule has 0 spiro atoms. The highest BCUT2D eigenvalue weighted by Gasteiger charge is 2.22. The molecule has 0 aliphatic carbocycles. The highest BCUT2D eigenvalue weighted by Crippen LogP contribution is 2.23. The van der Waals surface area contributed by atoms with Gasteiger partial charge in [-0.25, -0.2) is 9.97 Å². The summed E-state index contributed by atoms with van der Waals surface area (Å²) in [7, 11) is 0. The molecule has 86 valence electrons. The lowest BCUT2D eigenvalue weighted by molar-refractivity contribution is 0.296. The maximum atomic E-state index is 9.33. The Balaban J connectivity index is 1.99. The number of allylic oxidation sites excluding steroid dienone is 1. The third kappa shape index (κ3) is 2.32. The number of aliphatic hydroxyl groups is 1. The van der Waals surface area contributed by atoms with Crippen LogP contribution in [0.1, 0.15) is 18.4 Å². The van der Waals surface area contributed by atoms with E-state index >= 15 is 0 Å². The molecule has 2 rings (SSSR count). The van der Waals surface area contributed by atoms with Crippen molar-refractivity contribution >= 4 is 5.95 Å². The van der Waals surface area contributed by atoms with Crippen LogP contribution >= 0.6 is 0 Å². The highest BCUT2D eigenvalue weighted by molar-refractivity contribution is 5.30. The fourth-order valence-corrected chi connectivity index (χ4v) is 1.96. The molecule has 0 aromatic carbocycles. The van der Waals surface area contributed by atoms with Gasteiger partial charge in [-0.05, 0) is 25.3 Å². The molecule has 1 fully saturated rings. The number of nitrogens with zero attached hydrogens (tertiary/aromatic N) is 3. The minimum Gasteiger partial charge on any atom is -0.513 e. The van der Waals surface area contributed by atoms with Crippen LogP contribution in [0.4, 0.5) is 5.95 Å². The smallest absolute Gasteiger partial charge is 0.225 e. The first-order chi connectivity index (χ1) is 7.66. The number of rotatable bonds is 2. The van der Waals surface area contributed by atoms with Crippen LogP contribution in [0.5, 0.6) is 0 Å². The minimum absolute atomic E-state index is 0.238. The average molecular weight is 219 g/mol. The van der Waals surface area contributed by atoms with Crippen LogP contribution in [0.15, 0.2) is 24.7 Å². The van der Waals surface area contributed by atoms with Gasteiger partial charge in [0.15, 0.2) is 0 Å². The van der Waals surface area contributed by atoms with Crippen LogP contribution in [-0.4, -0.2) is 28.2 Å². The first-order valence-corrected chi connectivity index (χ1v) is 5.58. The fraction of sp³-hybridized carbons (Fsp3) is 0.500. The van der Waals surface area contributed by atoms with Gasteiger partial charge in [0.2, 0.25) is 5.95 Å². The van der Waals surface area contributed by atoms with Gasteiger partial charge in [-0.2, -0.15) is 0 Å². The van der Waals surface area contributed by atoms with E-state index in [9.17, 15) is 5.11 Å². The van der Waals surface area contributed by atoms with E-state index < -0.39 is 0 Å². The Hall–Kier alpha value is -1.58. The number of hydrogen-bond acceptors (Lipinski definition) is 4. The minimum atomic E-state index is 0.238. The van der Waals surface area contributed by atoms with Crippen LogP contribution < -0.4 is 4.90 Å². The normalized spacial score (nSPS) is 17.4. The van der Waals surface area contributed by atoms with Gasteiger partial charge >= 0.3 is 0 Å². The summed E-state index contributed by atoms with van der Waals surface area (Å²) in [5.74, 6) is 1.33. The zero-order valence-corrected chi connectivity index (χ0v) is 9.56. The molecule has 16 heavy (non-hydrogen) atoms. The van der Waals surface area contributed by atoms with Crippen LogP contribution in [0.3, 0.4) is 0 Å². The summed E-state index contributed by atoms with van der Waals surface area (Å²) in [6.07, 6.45) is 5.51. The van der Waals surface area contributed by atoms with E-state index in [1.807, 2.05) is 19.3 Å². The van der Waals surface area contributed by atoms with Crippen molar-refractivity contribution in [1.29, 1.82) is 0 Å². The predicted molar refractivity (Wildman–Crippen MR) is 63.5 cm³/mol. The summed E-state index contributed by atoms with van der Waals surface area (Å²) in [4.78, 5) is 10.8. The zero-order valence-electron chi connectivity index (χ0n) is 9.56. The van der Waals surface area contributed by atoms with E-state index in [2.05, 4.69) is 21.4 Å². The van der Waals surface area contributed by atoms with Crippen molar-refractivity contribution in [2.45, 2.75) is 19.8 Å². The second-order valence-electron chi connectivity index (χ2n) is 4.31. The third-order valence-corrected chi connectivity index (χ3v) is 3.02. The number of aliphatic hydroxyl groups excluding tert-OH is 1. The Bertz CT molecular complexity index is 366.